The Balaban J connectivity index is 1.39. The number of halogens is 2. The van der Waals surface area contributed by atoms with E-state index in [-0.39, 0.29) is 5.56 Å². The average molecular weight is 706 g/mol. The van der Waals surface area contributed by atoms with Crippen molar-refractivity contribution in [2.75, 3.05) is 7.11 Å². The Hall–Kier alpha value is -3.96. The van der Waals surface area contributed by atoms with Crippen LogP contribution in [0.4, 0.5) is 0 Å². The SMILES string of the molecule is COc1cc(C=Nn2c(-c3cc4ccccc4o3)nc3ccccc3c2=O)cc(I)c1OCc1ccc(Br)cc1. The number of hydrogen-bond donors (Lipinski definition) is 0. The van der Waals surface area contributed by atoms with Crippen molar-refractivity contribution in [3.8, 4) is 23.1 Å². The number of furan rings is 1. The van der Waals surface area contributed by atoms with Gasteiger partial charge in [0.2, 0.25) is 5.82 Å². The molecule has 0 fully saturated rings. The molecule has 0 amide bonds. The van der Waals surface area contributed by atoms with Crippen molar-refractivity contribution in [2.45, 2.75) is 6.61 Å². The molecule has 0 spiro atoms. The van der Waals surface area contributed by atoms with Crippen LogP contribution in [0, 0.1) is 3.57 Å². The van der Waals surface area contributed by atoms with Gasteiger partial charge in [-0.05, 0) is 82.2 Å². The fourth-order valence-electron chi connectivity index (χ4n) is 4.30. The summed E-state index contributed by atoms with van der Waals surface area (Å²) >= 11 is 5.66. The molecule has 9 heteroatoms. The van der Waals surface area contributed by atoms with Crippen LogP contribution >= 0.6 is 38.5 Å². The predicted octanol–water partition coefficient (Wildman–Crippen LogP) is 7.65. The summed E-state index contributed by atoms with van der Waals surface area (Å²) in [4.78, 5) is 18.3. The van der Waals surface area contributed by atoms with E-state index >= 15 is 0 Å². The van der Waals surface area contributed by atoms with Gasteiger partial charge in [0.15, 0.2) is 17.3 Å². The molecule has 0 aliphatic heterocycles. The number of nitrogens with zero attached hydrogens (tertiary/aromatic N) is 3. The summed E-state index contributed by atoms with van der Waals surface area (Å²) in [7, 11) is 1.59. The summed E-state index contributed by atoms with van der Waals surface area (Å²) in [5.41, 5.74) is 2.74. The zero-order chi connectivity index (χ0) is 27.6. The minimum atomic E-state index is -0.298. The molecule has 6 rings (SSSR count). The Morgan fingerprint density at radius 2 is 1.80 bits per heavy atom. The molecule has 40 heavy (non-hydrogen) atoms. The first-order valence-corrected chi connectivity index (χ1v) is 14.2. The number of hydrogen-bond acceptors (Lipinski definition) is 6. The molecular formula is C31H21BrIN3O4. The van der Waals surface area contributed by atoms with Gasteiger partial charge < -0.3 is 13.9 Å². The Kier molecular flexibility index (Phi) is 7.40. The summed E-state index contributed by atoms with van der Waals surface area (Å²) in [5, 5.41) is 5.95. The van der Waals surface area contributed by atoms with Crippen molar-refractivity contribution in [1.82, 2.24) is 9.66 Å². The molecule has 0 saturated carbocycles. The van der Waals surface area contributed by atoms with Crippen LogP contribution < -0.4 is 15.0 Å². The maximum Gasteiger partial charge on any atom is 0.282 e. The van der Waals surface area contributed by atoms with Crippen LogP contribution in [-0.2, 0) is 6.61 Å². The zero-order valence-corrected chi connectivity index (χ0v) is 24.9. The van der Waals surface area contributed by atoms with Crippen LogP contribution in [0.3, 0.4) is 0 Å². The van der Waals surface area contributed by atoms with E-state index < -0.39 is 0 Å². The van der Waals surface area contributed by atoms with Crippen LogP contribution in [0.1, 0.15) is 11.1 Å². The van der Waals surface area contributed by atoms with E-state index in [1.165, 1.54) is 4.68 Å². The zero-order valence-electron chi connectivity index (χ0n) is 21.2. The normalized spacial score (nSPS) is 11.5. The van der Waals surface area contributed by atoms with E-state index in [9.17, 15) is 4.79 Å². The second-order valence-corrected chi connectivity index (χ2v) is 11.0. The smallest absolute Gasteiger partial charge is 0.282 e. The largest absolute Gasteiger partial charge is 0.493 e. The molecule has 198 valence electrons. The molecule has 0 unspecified atom stereocenters. The lowest BCUT2D eigenvalue weighted by atomic mass is 10.2. The second-order valence-electron chi connectivity index (χ2n) is 8.91. The minimum Gasteiger partial charge on any atom is -0.493 e. The van der Waals surface area contributed by atoms with Gasteiger partial charge in [-0.3, -0.25) is 4.79 Å². The van der Waals surface area contributed by atoms with E-state index in [2.05, 4.69) is 43.6 Å². The average Bonchev–Trinajstić information content (AvgIpc) is 3.41. The summed E-state index contributed by atoms with van der Waals surface area (Å²) in [6.07, 6.45) is 1.60. The van der Waals surface area contributed by atoms with Crippen molar-refractivity contribution in [3.05, 3.63) is 121 Å². The fraction of sp³-hybridized carbons (Fsp3) is 0.0645. The van der Waals surface area contributed by atoms with Crippen LogP contribution in [0.5, 0.6) is 11.5 Å². The van der Waals surface area contributed by atoms with Gasteiger partial charge in [0.1, 0.15) is 12.2 Å². The molecular weight excluding hydrogens is 685 g/mol. The first kappa shape index (κ1) is 26.3. The molecule has 0 bridgehead atoms. The Bertz CT molecular complexity index is 1910. The van der Waals surface area contributed by atoms with Crippen molar-refractivity contribution < 1.29 is 13.9 Å². The van der Waals surface area contributed by atoms with E-state index in [4.69, 9.17) is 18.9 Å². The van der Waals surface area contributed by atoms with Gasteiger partial charge in [0.05, 0.1) is 27.8 Å². The third-order valence-corrected chi connectivity index (χ3v) is 7.60. The first-order chi connectivity index (χ1) is 19.5. The molecule has 2 heterocycles. The van der Waals surface area contributed by atoms with E-state index in [1.807, 2.05) is 72.8 Å². The van der Waals surface area contributed by atoms with Crippen LogP contribution in [0.2, 0.25) is 0 Å². The summed E-state index contributed by atoms with van der Waals surface area (Å²) < 4.78 is 20.9. The molecule has 2 aromatic heterocycles. The van der Waals surface area contributed by atoms with Crippen molar-refractivity contribution in [3.63, 3.8) is 0 Å². The van der Waals surface area contributed by atoms with Gasteiger partial charge in [0.25, 0.3) is 5.56 Å². The van der Waals surface area contributed by atoms with Gasteiger partial charge in [-0.2, -0.15) is 9.78 Å². The number of para-hydroxylation sites is 2. The van der Waals surface area contributed by atoms with Gasteiger partial charge in [-0.15, -0.1) is 0 Å². The number of benzene rings is 4. The summed E-state index contributed by atoms with van der Waals surface area (Å²) in [6, 6.07) is 28.4. The van der Waals surface area contributed by atoms with Gasteiger partial charge in [-0.25, -0.2) is 4.98 Å². The highest BCUT2D eigenvalue weighted by atomic mass is 127. The summed E-state index contributed by atoms with van der Waals surface area (Å²) in [6.45, 7) is 0.395. The molecule has 0 N–H and O–H groups in total. The quantitative estimate of drug-likeness (QED) is 0.126. The standard InChI is InChI=1S/C31H21BrIN3O4/c1-38-27-15-20(14-24(33)29(27)39-18-19-10-12-22(32)13-11-19)17-34-36-30(28-16-21-6-2-5-9-26(21)40-28)35-25-8-4-3-7-23(25)31(36)37/h2-17H,18H2,1H3. The number of fused-ring (bicyclic) bond motifs is 2. The Morgan fingerprint density at radius 3 is 2.60 bits per heavy atom. The monoisotopic (exact) mass is 705 g/mol. The van der Waals surface area contributed by atoms with Gasteiger partial charge in [0, 0.05) is 9.86 Å². The third kappa shape index (κ3) is 5.26. The molecule has 7 nitrogen and oxygen atoms in total. The number of ether oxygens (including phenoxy) is 2. The molecule has 0 atom stereocenters. The van der Waals surface area contributed by atoms with Crippen LogP contribution in [0.25, 0.3) is 33.5 Å². The van der Waals surface area contributed by atoms with Crippen molar-refractivity contribution in [2.24, 2.45) is 5.10 Å². The molecule has 0 aliphatic carbocycles. The Labute approximate surface area is 251 Å². The third-order valence-electron chi connectivity index (χ3n) is 6.27. The highest BCUT2D eigenvalue weighted by Crippen LogP contribution is 2.34. The van der Waals surface area contributed by atoms with Gasteiger partial charge >= 0.3 is 0 Å². The Morgan fingerprint density at radius 1 is 1.02 bits per heavy atom. The summed E-state index contributed by atoms with van der Waals surface area (Å²) in [5.74, 6) is 1.96. The van der Waals surface area contributed by atoms with Crippen molar-refractivity contribution in [1.29, 1.82) is 0 Å². The van der Waals surface area contributed by atoms with E-state index in [0.29, 0.717) is 46.2 Å². The topological polar surface area (TPSA) is 78.9 Å². The first-order valence-electron chi connectivity index (χ1n) is 12.3. The predicted molar refractivity (Wildman–Crippen MR) is 168 cm³/mol. The maximum absolute atomic E-state index is 13.6. The lowest BCUT2D eigenvalue weighted by molar-refractivity contribution is 0.282. The number of methoxy groups -OCH3 is 1. The molecule has 4 aromatic carbocycles. The van der Waals surface area contributed by atoms with Crippen LogP contribution in [0.15, 0.2) is 110 Å². The molecule has 6 aromatic rings. The minimum absolute atomic E-state index is 0.298. The lowest BCUT2D eigenvalue weighted by Crippen LogP contribution is -2.20. The number of rotatable bonds is 7. The highest BCUT2D eigenvalue weighted by molar-refractivity contribution is 14.1. The fourth-order valence-corrected chi connectivity index (χ4v) is 5.34. The number of aromatic nitrogens is 2. The molecule has 0 aliphatic rings. The van der Waals surface area contributed by atoms with Crippen LogP contribution in [-0.4, -0.2) is 23.0 Å². The van der Waals surface area contributed by atoms with E-state index in [0.717, 1.165) is 24.6 Å². The molecule has 0 saturated heterocycles. The molecule has 0 radical (unpaired) electrons. The maximum atomic E-state index is 13.6. The van der Waals surface area contributed by atoms with Gasteiger partial charge in [-0.1, -0.05) is 58.4 Å². The lowest BCUT2D eigenvalue weighted by Gasteiger charge is -2.14. The van der Waals surface area contributed by atoms with E-state index in [1.54, 1.807) is 31.5 Å². The van der Waals surface area contributed by atoms with Crippen molar-refractivity contribution >= 4 is 66.6 Å². The highest BCUT2D eigenvalue weighted by Gasteiger charge is 2.17. The second kappa shape index (κ2) is 11.3.